The van der Waals surface area contributed by atoms with Crippen molar-refractivity contribution in [2.24, 2.45) is 0 Å². The summed E-state index contributed by atoms with van der Waals surface area (Å²) in [4.78, 5) is 0. The highest BCUT2D eigenvalue weighted by Gasteiger charge is 2.56. The fraction of sp³-hybridized carbons (Fsp3) is 1.00. The molecule has 0 aliphatic heterocycles. The van der Waals surface area contributed by atoms with E-state index in [4.69, 9.17) is 0 Å². The topological polar surface area (TPSA) is 18.5 Å². The zero-order valence-corrected chi connectivity index (χ0v) is 8.32. The zero-order chi connectivity index (χ0) is 11.4. The molecule has 0 aliphatic carbocycles. The molecule has 2 nitrogen and oxygen atoms in total. The Hall–Kier alpha value is -0.360. The molecule has 0 bridgehead atoms. The quantitative estimate of drug-likeness (QED) is 0.637. The Morgan fingerprint density at radius 3 is 1.79 bits per heavy atom. The van der Waals surface area contributed by atoms with Gasteiger partial charge in [0.2, 0.25) is 0 Å². The lowest BCUT2D eigenvalue weighted by Crippen LogP contribution is -2.47. The highest BCUT2D eigenvalue weighted by molar-refractivity contribution is 4.84. The molecule has 0 aromatic carbocycles. The predicted octanol–water partition coefficient (Wildman–Crippen LogP) is 2.33. The third-order valence-corrected chi connectivity index (χ3v) is 1.46. The molecule has 0 spiro atoms. The number of rotatable bonds is 6. The lowest BCUT2D eigenvalue weighted by Gasteiger charge is -2.26. The van der Waals surface area contributed by atoms with Gasteiger partial charge in [-0.05, 0) is 13.8 Å². The number of ether oxygens (including phenoxy) is 2. The molecule has 0 aromatic rings. The molecule has 0 saturated carbocycles. The summed E-state index contributed by atoms with van der Waals surface area (Å²) in [6.07, 6.45) is -0.515. The van der Waals surface area contributed by atoms with Crippen molar-refractivity contribution in [2.75, 3.05) is 20.3 Å². The van der Waals surface area contributed by atoms with E-state index in [2.05, 4.69) is 9.47 Å². The van der Waals surface area contributed by atoms with Crippen molar-refractivity contribution in [3.8, 4) is 0 Å². The van der Waals surface area contributed by atoms with E-state index in [-0.39, 0.29) is 0 Å². The van der Waals surface area contributed by atoms with Gasteiger partial charge in [-0.1, -0.05) is 0 Å². The van der Waals surface area contributed by atoms with Gasteiger partial charge in [-0.25, -0.2) is 0 Å². The van der Waals surface area contributed by atoms with Crippen molar-refractivity contribution in [3.05, 3.63) is 0 Å². The van der Waals surface area contributed by atoms with Gasteiger partial charge in [-0.15, -0.1) is 0 Å². The average molecular weight is 218 g/mol. The van der Waals surface area contributed by atoms with Crippen LogP contribution in [0.4, 0.5) is 17.6 Å². The van der Waals surface area contributed by atoms with E-state index in [1.807, 2.05) is 0 Å². The molecule has 0 aromatic heterocycles. The van der Waals surface area contributed by atoms with Gasteiger partial charge in [0.1, 0.15) is 13.2 Å². The Labute approximate surface area is 80.2 Å². The summed E-state index contributed by atoms with van der Waals surface area (Å²) in [5.74, 6) is -8.40. The Morgan fingerprint density at radius 2 is 1.43 bits per heavy atom. The number of hydrogen-bond acceptors (Lipinski definition) is 2. The van der Waals surface area contributed by atoms with Gasteiger partial charge in [0.15, 0.2) is 0 Å². The molecule has 0 fully saturated rings. The van der Waals surface area contributed by atoms with Crippen LogP contribution in [0.1, 0.15) is 13.8 Å². The summed E-state index contributed by atoms with van der Waals surface area (Å²) in [6.45, 7) is 0.359. The van der Waals surface area contributed by atoms with Crippen LogP contribution in [-0.4, -0.2) is 38.3 Å². The Bertz CT molecular complexity index is 171. The fourth-order valence-electron chi connectivity index (χ4n) is 0.664. The molecule has 0 saturated heterocycles. The first-order valence-electron chi connectivity index (χ1n) is 4.09. The number of hydrogen-bond donors (Lipinski definition) is 0. The van der Waals surface area contributed by atoms with Gasteiger partial charge in [0.25, 0.3) is 0 Å². The molecule has 0 amide bonds. The largest absolute Gasteiger partial charge is 0.378 e. The minimum absolute atomic E-state index is 0.515. The summed E-state index contributed by atoms with van der Waals surface area (Å²) in [5.41, 5.74) is 0. The summed E-state index contributed by atoms with van der Waals surface area (Å²) in [6, 6.07) is 0. The Kier molecular flexibility index (Phi) is 4.80. The summed E-state index contributed by atoms with van der Waals surface area (Å²) >= 11 is 0. The molecule has 0 radical (unpaired) electrons. The SMILES string of the molecule is COCC(F)(F)C(F)(F)COC(C)C. The highest BCUT2D eigenvalue weighted by Crippen LogP contribution is 2.34. The second-order valence-corrected chi connectivity index (χ2v) is 3.20. The monoisotopic (exact) mass is 218 g/mol. The maximum absolute atomic E-state index is 12.8. The molecular formula is C8H14F4O2. The second-order valence-electron chi connectivity index (χ2n) is 3.20. The number of alkyl halides is 4. The van der Waals surface area contributed by atoms with E-state index in [9.17, 15) is 17.6 Å². The zero-order valence-electron chi connectivity index (χ0n) is 8.32. The minimum atomic E-state index is -4.20. The van der Waals surface area contributed by atoms with Crippen LogP contribution in [0, 0.1) is 0 Å². The van der Waals surface area contributed by atoms with E-state index in [0.717, 1.165) is 7.11 Å². The van der Waals surface area contributed by atoms with Crippen LogP contribution >= 0.6 is 0 Å². The van der Waals surface area contributed by atoms with E-state index < -0.39 is 31.2 Å². The van der Waals surface area contributed by atoms with Gasteiger partial charge < -0.3 is 9.47 Å². The minimum Gasteiger partial charge on any atom is -0.378 e. The van der Waals surface area contributed by atoms with E-state index >= 15 is 0 Å². The molecule has 0 atom stereocenters. The molecule has 0 heterocycles. The van der Waals surface area contributed by atoms with Crippen LogP contribution in [0.5, 0.6) is 0 Å². The molecule has 14 heavy (non-hydrogen) atoms. The van der Waals surface area contributed by atoms with Crippen LogP contribution in [0.3, 0.4) is 0 Å². The Balaban J connectivity index is 4.27. The lowest BCUT2D eigenvalue weighted by molar-refractivity contribution is -0.251. The van der Waals surface area contributed by atoms with E-state index in [1.54, 1.807) is 0 Å². The van der Waals surface area contributed by atoms with Gasteiger partial charge in [0.05, 0.1) is 6.10 Å². The fourth-order valence-corrected chi connectivity index (χ4v) is 0.664. The van der Waals surface area contributed by atoms with Crippen LogP contribution < -0.4 is 0 Å². The maximum Gasteiger partial charge on any atom is 0.335 e. The van der Waals surface area contributed by atoms with Crippen molar-refractivity contribution in [2.45, 2.75) is 31.8 Å². The van der Waals surface area contributed by atoms with Gasteiger partial charge in [-0.3, -0.25) is 0 Å². The van der Waals surface area contributed by atoms with Crippen LogP contribution in [0.15, 0.2) is 0 Å². The summed E-state index contributed by atoms with van der Waals surface area (Å²) < 4.78 is 59.5. The molecule has 0 rings (SSSR count). The first kappa shape index (κ1) is 13.6. The van der Waals surface area contributed by atoms with Gasteiger partial charge >= 0.3 is 11.8 Å². The first-order valence-corrected chi connectivity index (χ1v) is 4.09. The Morgan fingerprint density at radius 1 is 1.00 bits per heavy atom. The molecule has 0 aliphatic rings. The predicted molar refractivity (Wildman–Crippen MR) is 42.9 cm³/mol. The number of methoxy groups -OCH3 is 1. The van der Waals surface area contributed by atoms with Crippen LogP contribution in [-0.2, 0) is 9.47 Å². The average Bonchev–Trinajstić information content (AvgIpc) is 2.00. The van der Waals surface area contributed by atoms with E-state index in [1.165, 1.54) is 13.8 Å². The van der Waals surface area contributed by atoms with Crippen molar-refractivity contribution in [1.82, 2.24) is 0 Å². The second kappa shape index (κ2) is 4.93. The molecular weight excluding hydrogens is 204 g/mol. The standard InChI is InChI=1S/C8H14F4O2/c1-6(2)14-5-8(11,12)7(9,10)4-13-3/h6H,4-5H2,1-3H3. The van der Waals surface area contributed by atoms with Crippen molar-refractivity contribution in [1.29, 1.82) is 0 Å². The lowest BCUT2D eigenvalue weighted by atomic mass is 10.2. The van der Waals surface area contributed by atoms with E-state index in [0.29, 0.717) is 0 Å². The molecule has 0 N–H and O–H groups in total. The maximum atomic E-state index is 12.8. The molecule has 0 unspecified atom stereocenters. The third-order valence-electron chi connectivity index (χ3n) is 1.46. The molecule has 86 valence electrons. The van der Waals surface area contributed by atoms with Crippen LogP contribution in [0.2, 0.25) is 0 Å². The van der Waals surface area contributed by atoms with Crippen molar-refractivity contribution < 1.29 is 27.0 Å². The third kappa shape index (κ3) is 3.79. The highest BCUT2D eigenvalue weighted by atomic mass is 19.3. The van der Waals surface area contributed by atoms with Crippen LogP contribution in [0.25, 0.3) is 0 Å². The normalized spacial score (nSPS) is 13.7. The summed E-state index contributed by atoms with van der Waals surface area (Å²) in [5, 5.41) is 0. The van der Waals surface area contributed by atoms with Gasteiger partial charge in [0, 0.05) is 7.11 Å². The van der Waals surface area contributed by atoms with Crippen molar-refractivity contribution >= 4 is 0 Å². The van der Waals surface area contributed by atoms with Crippen molar-refractivity contribution in [3.63, 3.8) is 0 Å². The molecule has 6 heteroatoms. The first-order chi connectivity index (χ1) is 6.23. The van der Waals surface area contributed by atoms with Gasteiger partial charge in [-0.2, -0.15) is 17.6 Å². The summed E-state index contributed by atoms with van der Waals surface area (Å²) in [7, 11) is 0.938. The number of halogens is 4. The smallest absolute Gasteiger partial charge is 0.335 e.